The molecule has 0 aliphatic rings. The number of phenols is 1. The van der Waals surface area contributed by atoms with E-state index in [1.807, 2.05) is 38.1 Å². The van der Waals surface area contributed by atoms with Gasteiger partial charge >= 0.3 is 0 Å². The SMILES string of the molecule is CC(C)Nc1cccc(CNC(=O)c2ccc(O)cc2F)c1. The molecule has 0 heterocycles. The number of aromatic hydroxyl groups is 1. The molecule has 0 aliphatic heterocycles. The monoisotopic (exact) mass is 302 g/mol. The van der Waals surface area contributed by atoms with Crippen molar-refractivity contribution in [3.05, 3.63) is 59.4 Å². The summed E-state index contributed by atoms with van der Waals surface area (Å²) >= 11 is 0. The molecular weight excluding hydrogens is 283 g/mol. The molecule has 0 saturated heterocycles. The van der Waals surface area contributed by atoms with E-state index >= 15 is 0 Å². The molecule has 0 aliphatic carbocycles. The van der Waals surface area contributed by atoms with Crippen LogP contribution in [0.5, 0.6) is 5.75 Å². The molecule has 0 radical (unpaired) electrons. The number of benzene rings is 2. The molecule has 2 aromatic carbocycles. The molecular formula is C17H19FN2O2. The van der Waals surface area contributed by atoms with Crippen molar-refractivity contribution in [3.63, 3.8) is 0 Å². The fraction of sp³-hybridized carbons (Fsp3) is 0.235. The first kappa shape index (κ1) is 15.8. The lowest BCUT2D eigenvalue weighted by Gasteiger charge is -2.12. The van der Waals surface area contributed by atoms with Crippen LogP contribution in [-0.2, 0) is 6.54 Å². The van der Waals surface area contributed by atoms with E-state index in [0.29, 0.717) is 12.6 Å². The Balaban J connectivity index is 2.02. The second-order valence-corrected chi connectivity index (χ2v) is 5.35. The maximum absolute atomic E-state index is 13.6. The van der Waals surface area contributed by atoms with Gasteiger partial charge in [0.2, 0.25) is 0 Å². The Morgan fingerprint density at radius 3 is 2.68 bits per heavy atom. The van der Waals surface area contributed by atoms with E-state index in [9.17, 15) is 9.18 Å². The van der Waals surface area contributed by atoms with Gasteiger partial charge in [-0.1, -0.05) is 12.1 Å². The van der Waals surface area contributed by atoms with Crippen LogP contribution in [0.3, 0.4) is 0 Å². The van der Waals surface area contributed by atoms with Crippen molar-refractivity contribution in [3.8, 4) is 5.75 Å². The first-order valence-electron chi connectivity index (χ1n) is 7.08. The Bertz CT molecular complexity index is 671. The standard InChI is InChI=1S/C17H19FN2O2/c1-11(2)20-13-5-3-4-12(8-13)10-19-17(22)15-7-6-14(21)9-16(15)18/h3-9,11,20-21H,10H2,1-2H3,(H,19,22). The summed E-state index contributed by atoms with van der Waals surface area (Å²) in [5, 5.41) is 15.1. The number of hydrogen-bond donors (Lipinski definition) is 3. The minimum atomic E-state index is -0.743. The highest BCUT2D eigenvalue weighted by molar-refractivity contribution is 5.94. The molecule has 116 valence electrons. The van der Waals surface area contributed by atoms with Crippen LogP contribution >= 0.6 is 0 Å². The number of carbonyl (C=O) groups excluding carboxylic acids is 1. The van der Waals surface area contributed by atoms with Crippen LogP contribution < -0.4 is 10.6 Å². The molecule has 0 aromatic heterocycles. The highest BCUT2D eigenvalue weighted by atomic mass is 19.1. The first-order chi connectivity index (χ1) is 10.5. The third kappa shape index (κ3) is 4.22. The molecule has 0 fully saturated rings. The number of phenolic OH excluding ortho intramolecular Hbond substituents is 1. The van der Waals surface area contributed by atoms with Crippen LogP contribution in [0.2, 0.25) is 0 Å². The quantitative estimate of drug-likeness (QED) is 0.794. The van der Waals surface area contributed by atoms with Gasteiger partial charge in [-0.2, -0.15) is 0 Å². The lowest BCUT2D eigenvalue weighted by Crippen LogP contribution is -2.23. The summed E-state index contributed by atoms with van der Waals surface area (Å²) in [6.07, 6.45) is 0. The third-order valence-corrected chi connectivity index (χ3v) is 3.03. The lowest BCUT2D eigenvalue weighted by molar-refractivity contribution is 0.0947. The molecule has 0 atom stereocenters. The number of halogens is 1. The van der Waals surface area contributed by atoms with Crippen molar-refractivity contribution in [1.82, 2.24) is 5.32 Å². The normalized spacial score (nSPS) is 10.5. The van der Waals surface area contributed by atoms with Gasteiger partial charge in [0.05, 0.1) is 5.56 Å². The Morgan fingerprint density at radius 1 is 1.23 bits per heavy atom. The van der Waals surface area contributed by atoms with E-state index in [0.717, 1.165) is 17.3 Å². The number of carbonyl (C=O) groups is 1. The van der Waals surface area contributed by atoms with Gasteiger partial charge in [0.25, 0.3) is 5.91 Å². The molecule has 3 N–H and O–H groups in total. The summed E-state index contributed by atoms with van der Waals surface area (Å²) in [6.45, 7) is 4.39. The van der Waals surface area contributed by atoms with Crippen molar-refractivity contribution >= 4 is 11.6 Å². The van der Waals surface area contributed by atoms with Gasteiger partial charge in [0.15, 0.2) is 0 Å². The van der Waals surface area contributed by atoms with Crippen molar-refractivity contribution in [2.45, 2.75) is 26.4 Å². The predicted molar refractivity (Wildman–Crippen MR) is 84.4 cm³/mol. The van der Waals surface area contributed by atoms with Crippen molar-refractivity contribution in [2.24, 2.45) is 0 Å². The zero-order valence-corrected chi connectivity index (χ0v) is 12.6. The Hall–Kier alpha value is -2.56. The Kier molecular flexibility index (Phi) is 4.99. The maximum Gasteiger partial charge on any atom is 0.254 e. The van der Waals surface area contributed by atoms with Gasteiger partial charge in [-0.05, 0) is 43.7 Å². The largest absolute Gasteiger partial charge is 0.508 e. The molecule has 4 nitrogen and oxygen atoms in total. The van der Waals surface area contributed by atoms with Crippen LogP contribution in [-0.4, -0.2) is 17.1 Å². The van der Waals surface area contributed by atoms with Gasteiger partial charge in [-0.3, -0.25) is 4.79 Å². The van der Waals surface area contributed by atoms with Crippen LogP contribution in [0.25, 0.3) is 0 Å². The minimum absolute atomic E-state index is 0.0886. The highest BCUT2D eigenvalue weighted by Crippen LogP contribution is 2.15. The summed E-state index contributed by atoms with van der Waals surface area (Å²) in [6, 6.07) is 11.4. The molecule has 22 heavy (non-hydrogen) atoms. The summed E-state index contributed by atoms with van der Waals surface area (Å²) in [7, 11) is 0. The van der Waals surface area contributed by atoms with Crippen LogP contribution in [0.1, 0.15) is 29.8 Å². The summed E-state index contributed by atoms with van der Waals surface area (Å²) in [5.41, 5.74) is 1.80. The molecule has 1 amide bonds. The fourth-order valence-electron chi connectivity index (χ4n) is 2.07. The van der Waals surface area contributed by atoms with Gasteiger partial charge < -0.3 is 15.7 Å². The molecule has 2 aromatic rings. The van der Waals surface area contributed by atoms with Crippen molar-refractivity contribution < 1.29 is 14.3 Å². The van der Waals surface area contributed by atoms with E-state index < -0.39 is 11.7 Å². The second kappa shape index (κ2) is 6.93. The van der Waals surface area contributed by atoms with Gasteiger partial charge in [0, 0.05) is 24.3 Å². The first-order valence-corrected chi connectivity index (χ1v) is 7.08. The van der Waals surface area contributed by atoms with Gasteiger partial charge in [0.1, 0.15) is 11.6 Å². The summed E-state index contributed by atoms with van der Waals surface area (Å²) in [5.74, 6) is -1.46. The van der Waals surface area contributed by atoms with Crippen molar-refractivity contribution in [2.75, 3.05) is 5.32 Å². The number of anilines is 1. The zero-order valence-electron chi connectivity index (χ0n) is 12.6. The molecule has 2 rings (SSSR count). The van der Waals surface area contributed by atoms with E-state index in [4.69, 9.17) is 5.11 Å². The van der Waals surface area contributed by atoms with Crippen LogP contribution in [0, 0.1) is 5.82 Å². The smallest absolute Gasteiger partial charge is 0.254 e. The van der Waals surface area contributed by atoms with E-state index in [1.54, 1.807) is 0 Å². The van der Waals surface area contributed by atoms with Crippen molar-refractivity contribution in [1.29, 1.82) is 0 Å². The zero-order chi connectivity index (χ0) is 16.1. The van der Waals surface area contributed by atoms with Gasteiger partial charge in [-0.25, -0.2) is 4.39 Å². The molecule has 0 spiro atoms. The average molecular weight is 302 g/mol. The minimum Gasteiger partial charge on any atom is -0.508 e. The maximum atomic E-state index is 13.6. The lowest BCUT2D eigenvalue weighted by atomic mass is 10.1. The predicted octanol–water partition coefficient (Wildman–Crippen LogP) is 3.28. The number of hydrogen-bond acceptors (Lipinski definition) is 3. The van der Waals surface area contributed by atoms with E-state index in [2.05, 4.69) is 10.6 Å². The number of rotatable bonds is 5. The average Bonchev–Trinajstić information content (AvgIpc) is 2.44. The highest BCUT2D eigenvalue weighted by Gasteiger charge is 2.11. The van der Waals surface area contributed by atoms with E-state index in [-0.39, 0.29) is 11.3 Å². The summed E-state index contributed by atoms with van der Waals surface area (Å²) < 4.78 is 13.6. The molecule has 0 saturated carbocycles. The van der Waals surface area contributed by atoms with E-state index in [1.165, 1.54) is 12.1 Å². The fourth-order valence-corrected chi connectivity index (χ4v) is 2.07. The second-order valence-electron chi connectivity index (χ2n) is 5.35. The molecule has 0 bridgehead atoms. The third-order valence-electron chi connectivity index (χ3n) is 3.03. The summed E-state index contributed by atoms with van der Waals surface area (Å²) in [4.78, 5) is 12.0. The van der Waals surface area contributed by atoms with Gasteiger partial charge in [-0.15, -0.1) is 0 Å². The topological polar surface area (TPSA) is 61.4 Å². The Morgan fingerprint density at radius 2 is 2.00 bits per heavy atom. The Labute approximate surface area is 129 Å². The number of nitrogens with one attached hydrogen (secondary N) is 2. The molecule has 5 heteroatoms. The van der Waals surface area contributed by atoms with Crippen LogP contribution in [0.4, 0.5) is 10.1 Å². The van der Waals surface area contributed by atoms with Crippen LogP contribution in [0.15, 0.2) is 42.5 Å². The number of amides is 1. The molecule has 0 unspecified atom stereocenters.